The standard InChI is InChI=1S/C15H13BrClNO/c16-11-5-6-13(17)14(7-11)18-15-9-19-8-10-3-1-2-4-12(10)15/h1-7,15,18H,8-9H2. The Balaban J connectivity index is 1.90. The number of benzene rings is 2. The van der Waals surface area contributed by atoms with Crippen LogP contribution in [0.2, 0.25) is 5.02 Å². The second-order valence-electron chi connectivity index (χ2n) is 4.54. The number of rotatable bonds is 2. The summed E-state index contributed by atoms with van der Waals surface area (Å²) in [5.41, 5.74) is 3.43. The summed E-state index contributed by atoms with van der Waals surface area (Å²) in [6.45, 7) is 1.33. The van der Waals surface area contributed by atoms with E-state index >= 15 is 0 Å². The number of fused-ring (bicyclic) bond motifs is 1. The van der Waals surface area contributed by atoms with Crippen LogP contribution in [0.5, 0.6) is 0 Å². The topological polar surface area (TPSA) is 21.3 Å². The molecule has 0 aromatic heterocycles. The Labute approximate surface area is 125 Å². The molecule has 0 saturated carbocycles. The van der Waals surface area contributed by atoms with Gasteiger partial charge in [-0.05, 0) is 29.3 Å². The molecule has 0 fully saturated rings. The SMILES string of the molecule is Clc1ccc(Br)cc1NC1COCc2ccccc21. The van der Waals surface area contributed by atoms with E-state index in [1.165, 1.54) is 11.1 Å². The van der Waals surface area contributed by atoms with Crippen molar-refractivity contribution in [3.8, 4) is 0 Å². The summed E-state index contributed by atoms with van der Waals surface area (Å²) in [6, 6.07) is 14.3. The van der Waals surface area contributed by atoms with Crippen LogP contribution < -0.4 is 5.32 Å². The van der Waals surface area contributed by atoms with Crippen LogP contribution in [0.3, 0.4) is 0 Å². The van der Waals surface area contributed by atoms with E-state index in [1.807, 2.05) is 24.3 Å². The van der Waals surface area contributed by atoms with E-state index in [-0.39, 0.29) is 6.04 Å². The van der Waals surface area contributed by atoms with E-state index in [2.05, 4.69) is 39.4 Å². The molecule has 2 aromatic carbocycles. The van der Waals surface area contributed by atoms with Gasteiger partial charge in [-0.2, -0.15) is 0 Å². The molecule has 1 aliphatic rings. The molecule has 0 amide bonds. The van der Waals surface area contributed by atoms with Gasteiger partial charge >= 0.3 is 0 Å². The van der Waals surface area contributed by atoms with Crippen molar-refractivity contribution in [1.82, 2.24) is 0 Å². The molecule has 1 aliphatic heterocycles. The largest absolute Gasteiger partial charge is 0.375 e. The highest BCUT2D eigenvalue weighted by atomic mass is 79.9. The second kappa shape index (κ2) is 5.53. The van der Waals surface area contributed by atoms with Gasteiger partial charge in [-0.1, -0.05) is 51.8 Å². The average Bonchev–Trinajstić information content (AvgIpc) is 2.43. The van der Waals surface area contributed by atoms with Gasteiger partial charge in [0, 0.05) is 4.47 Å². The van der Waals surface area contributed by atoms with Crippen molar-refractivity contribution < 1.29 is 4.74 Å². The molecule has 2 aromatic rings. The Morgan fingerprint density at radius 1 is 1.21 bits per heavy atom. The zero-order valence-corrected chi connectivity index (χ0v) is 12.5. The molecule has 0 spiro atoms. The van der Waals surface area contributed by atoms with Crippen LogP contribution in [0.4, 0.5) is 5.69 Å². The van der Waals surface area contributed by atoms with Crippen LogP contribution in [0.1, 0.15) is 17.2 Å². The highest BCUT2D eigenvalue weighted by Gasteiger charge is 2.20. The van der Waals surface area contributed by atoms with Crippen molar-refractivity contribution in [2.75, 3.05) is 11.9 Å². The first-order valence-corrected chi connectivity index (χ1v) is 7.28. The molecule has 0 aliphatic carbocycles. The molecule has 4 heteroatoms. The van der Waals surface area contributed by atoms with Gasteiger partial charge in [0.15, 0.2) is 0 Å². The Hall–Kier alpha value is -1.03. The molecule has 19 heavy (non-hydrogen) atoms. The Kier molecular flexibility index (Phi) is 3.78. The number of halogens is 2. The van der Waals surface area contributed by atoms with Crippen molar-refractivity contribution in [1.29, 1.82) is 0 Å². The lowest BCUT2D eigenvalue weighted by Gasteiger charge is -2.27. The summed E-state index contributed by atoms with van der Waals surface area (Å²) in [7, 11) is 0. The predicted molar refractivity (Wildman–Crippen MR) is 81.6 cm³/mol. The van der Waals surface area contributed by atoms with E-state index in [4.69, 9.17) is 16.3 Å². The smallest absolute Gasteiger partial charge is 0.0751 e. The third-order valence-electron chi connectivity index (χ3n) is 3.23. The first-order chi connectivity index (χ1) is 9.24. The zero-order chi connectivity index (χ0) is 13.2. The predicted octanol–water partition coefficient (Wildman–Crippen LogP) is 4.79. The van der Waals surface area contributed by atoms with E-state index < -0.39 is 0 Å². The van der Waals surface area contributed by atoms with E-state index in [9.17, 15) is 0 Å². The quantitative estimate of drug-likeness (QED) is 0.850. The second-order valence-corrected chi connectivity index (χ2v) is 5.86. The fourth-order valence-corrected chi connectivity index (χ4v) is 2.83. The molecule has 1 heterocycles. The highest BCUT2D eigenvalue weighted by Crippen LogP contribution is 2.32. The van der Waals surface area contributed by atoms with Gasteiger partial charge in [-0.3, -0.25) is 0 Å². The van der Waals surface area contributed by atoms with Gasteiger partial charge in [0.1, 0.15) is 0 Å². The lowest BCUT2D eigenvalue weighted by atomic mass is 9.99. The van der Waals surface area contributed by atoms with Crippen LogP contribution in [0, 0.1) is 0 Å². The molecular weight excluding hydrogens is 326 g/mol. The third-order valence-corrected chi connectivity index (χ3v) is 4.05. The molecular formula is C15H13BrClNO. The van der Waals surface area contributed by atoms with Crippen molar-refractivity contribution in [2.45, 2.75) is 12.6 Å². The Morgan fingerprint density at radius 2 is 2.05 bits per heavy atom. The molecule has 0 radical (unpaired) electrons. The number of anilines is 1. The highest BCUT2D eigenvalue weighted by molar-refractivity contribution is 9.10. The summed E-state index contributed by atoms with van der Waals surface area (Å²) in [5.74, 6) is 0. The third kappa shape index (κ3) is 2.78. The van der Waals surface area contributed by atoms with Crippen LogP contribution in [-0.2, 0) is 11.3 Å². The fraction of sp³-hybridized carbons (Fsp3) is 0.200. The lowest BCUT2D eigenvalue weighted by molar-refractivity contribution is 0.0970. The van der Waals surface area contributed by atoms with E-state index in [0.29, 0.717) is 18.2 Å². The van der Waals surface area contributed by atoms with Gasteiger partial charge in [0.25, 0.3) is 0 Å². The average molecular weight is 339 g/mol. The lowest BCUT2D eigenvalue weighted by Crippen LogP contribution is -2.23. The monoisotopic (exact) mass is 337 g/mol. The molecule has 2 nitrogen and oxygen atoms in total. The maximum atomic E-state index is 6.22. The normalized spacial score (nSPS) is 17.9. The van der Waals surface area contributed by atoms with Crippen LogP contribution in [0.25, 0.3) is 0 Å². The molecule has 1 unspecified atom stereocenters. The van der Waals surface area contributed by atoms with Crippen LogP contribution in [-0.4, -0.2) is 6.61 Å². The van der Waals surface area contributed by atoms with Crippen molar-refractivity contribution in [3.63, 3.8) is 0 Å². The number of hydrogen-bond donors (Lipinski definition) is 1. The van der Waals surface area contributed by atoms with Gasteiger partial charge in [-0.15, -0.1) is 0 Å². The van der Waals surface area contributed by atoms with Crippen molar-refractivity contribution >= 4 is 33.2 Å². The van der Waals surface area contributed by atoms with Gasteiger partial charge < -0.3 is 10.1 Å². The summed E-state index contributed by atoms with van der Waals surface area (Å²) in [6.07, 6.45) is 0. The first-order valence-electron chi connectivity index (χ1n) is 6.11. The van der Waals surface area contributed by atoms with E-state index in [0.717, 1.165) is 10.2 Å². The van der Waals surface area contributed by atoms with Crippen molar-refractivity contribution in [3.05, 3.63) is 63.1 Å². The maximum absolute atomic E-state index is 6.22. The van der Waals surface area contributed by atoms with E-state index in [1.54, 1.807) is 0 Å². The van der Waals surface area contributed by atoms with Gasteiger partial charge in [0.2, 0.25) is 0 Å². The number of nitrogens with one attached hydrogen (secondary N) is 1. The van der Waals surface area contributed by atoms with Gasteiger partial charge in [0.05, 0.1) is 30.0 Å². The summed E-state index contributed by atoms with van der Waals surface area (Å²) in [4.78, 5) is 0. The minimum Gasteiger partial charge on any atom is -0.375 e. The van der Waals surface area contributed by atoms with Gasteiger partial charge in [-0.25, -0.2) is 0 Å². The van der Waals surface area contributed by atoms with Crippen LogP contribution >= 0.6 is 27.5 Å². The summed E-state index contributed by atoms with van der Waals surface area (Å²) >= 11 is 9.68. The summed E-state index contributed by atoms with van der Waals surface area (Å²) < 4.78 is 6.64. The molecule has 0 saturated heterocycles. The minimum absolute atomic E-state index is 0.136. The molecule has 0 bridgehead atoms. The molecule has 98 valence electrons. The maximum Gasteiger partial charge on any atom is 0.0751 e. The Bertz CT molecular complexity index is 602. The van der Waals surface area contributed by atoms with Crippen LogP contribution in [0.15, 0.2) is 46.9 Å². The summed E-state index contributed by atoms with van der Waals surface area (Å²) in [5, 5.41) is 4.17. The Morgan fingerprint density at radius 3 is 2.95 bits per heavy atom. The molecule has 3 rings (SSSR count). The number of ether oxygens (including phenoxy) is 1. The van der Waals surface area contributed by atoms with Crippen molar-refractivity contribution in [2.24, 2.45) is 0 Å². The molecule has 1 atom stereocenters. The number of hydrogen-bond acceptors (Lipinski definition) is 2. The fourth-order valence-electron chi connectivity index (χ4n) is 2.30. The first kappa shape index (κ1) is 13.0. The zero-order valence-electron chi connectivity index (χ0n) is 10.2. The minimum atomic E-state index is 0.136. The molecule has 1 N–H and O–H groups in total.